The van der Waals surface area contributed by atoms with Gasteiger partial charge in [-0.3, -0.25) is 4.79 Å². The van der Waals surface area contributed by atoms with E-state index in [9.17, 15) is 4.79 Å². The number of hydrogen-bond acceptors (Lipinski definition) is 2. The van der Waals surface area contributed by atoms with Crippen LogP contribution >= 0.6 is 34.2 Å². The number of benzene rings is 2. The summed E-state index contributed by atoms with van der Waals surface area (Å²) in [5, 5.41) is 3.56. The molecule has 1 N–H and O–H groups in total. The van der Waals surface area contributed by atoms with E-state index in [-0.39, 0.29) is 5.91 Å². The second kappa shape index (κ2) is 7.66. The van der Waals surface area contributed by atoms with E-state index in [1.54, 1.807) is 25.3 Å². The highest BCUT2D eigenvalue weighted by Gasteiger charge is 2.08. The van der Waals surface area contributed by atoms with Crippen molar-refractivity contribution < 1.29 is 9.53 Å². The molecular formula is C16H15ClINO2. The van der Waals surface area contributed by atoms with Gasteiger partial charge in [0.1, 0.15) is 5.75 Å². The van der Waals surface area contributed by atoms with Gasteiger partial charge in [-0.05, 0) is 58.8 Å². The third-order valence-corrected chi connectivity index (χ3v) is 4.60. The Balaban J connectivity index is 1.93. The summed E-state index contributed by atoms with van der Waals surface area (Å²) in [6.45, 7) is 0.554. The number of carbonyl (C=O) groups is 1. The molecule has 0 radical (unpaired) electrons. The molecule has 0 spiro atoms. The average Bonchev–Trinajstić information content (AvgIpc) is 2.50. The van der Waals surface area contributed by atoms with Crippen molar-refractivity contribution in [2.45, 2.75) is 6.42 Å². The fraction of sp³-hybridized carbons (Fsp3) is 0.188. The lowest BCUT2D eigenvalue weighted by molar-refractivity contribution is 0.0954. The van der Waals surface area contributed by atoms with Gasteiger partial charge in [0.05, 0.1) is 12.1 Å². The number of nitrogens with one attached hydrogen (secondary N) is 1. The summed E-state index contributed by atoms with van der Waals surface area (Å²) in [6, 6.07) is 13.0. The van der Waals surface area contributed by atoms with Crippen LogP contribution in [0.3, 0.4) is 0 Å². The Morgan fingerprint density at radius 2 is 2.05 bits per heavy atom. The summed E-state index contributed by atoms with van der Waals surface area (Å²) >= 11 is 8.06. The smallest absolute Gasteiger partial charge is 0.251 e. The molecule has 0 saturated heterocycles. The van der Waals surface area contributed by atoms with E-state index in [4.69, 9.17) is 16.3 Å². The summed E-state index contributed by atoms with van der Waals surface area (Å²) in [7, 11) is 1.65. The molecule has 0 aromatic heterocycles. The highest BCUT2D eigenvalue weighted by atomic mass is 127. The number of hydrogen-bond donors (Lipinski definition) is 1. The number of para-hydroxylation sites is 1. The second-order valence-corrected chi connectivity index (χ2v) is 6.02. The monoisotopic (exact) mass is 415 g/mol. The van der Waals surface area contributed by atoms with Gasteiger partial charge in [0.25, 0.3) is 5.91 Å². The highest BCUT2D eigenvalue weighted by Crippen LogP contribution is 2.20. The van der Waals surface area contributed by atoms with Crippen LogP contribution in [0.25, 0.3) is 0 Å². The molecule has 0 unspecified atom stereocenters. The fourth-order valence-electron chi connectivity index (χ4n) is 1.96. The van der Waals surface area contributed by atoms with E-state index in [1.165, 1.54) is 0 Å². The van der Waals surface area contributed by atoms with Crippen molar-refractivity contribution in [2.75, 3.05) is 13.7 Å². The number of ether oxygens (including phenoxy) is 1. The molecule has 110 valence electrons. The molecule has 0 atom stereocenters. The predicted octanol–water partition coefficient (Wildman–Crippen LogP) is 3.93. The van der Waals surface area contributed by atoms with Crippen LogP contribution in [0.4, 0.5) is 0 Å². The Bertz CT molecular complexity index is 646. The zero-order valence-corrected chi connectivity index (χ0v) is 14.4. The first-order chi connectivity index (χ1) is 10.1. The van der Waals surface area contributed by atoms with Crippen molar-refractivity contribution >= 4 is 40.1 Å². The van der Waals surface area contributed by atoms with Crippen molar-refractivity contribution in [2.24, 2.45) is 0 Å². The largest absolute Gasteiger partial charge is 0.496 e. The first-order valence-corrected chi connectivity index (χ1v) is 7.92. The lowest BCUT2D eigenvalue weighted by atomic mass is 10.1. The molecule has 0 fully saturated rings. The Hall–Kier alpha value is -1.27. The third kappa shape index (κ3) is 4.35. The van der Waals surface area contributed by atoms with Gasteiger partial charge >= 0.3 is 0 Å². The number of amides is 1. The summed E-state index contributed by atoms with van der Waals surface area (Å²) < 4.78 is 6.16. The first-order valence-electron chi connectivity index (χ1n) is 6.47. The van der Waals surface area contributed by atoms with Crippen LogP contribution in [-0.2, 0) is 6.42 Å². The van der Waals surface area contributed by atoms with Crippen LogP contribution in [0.15, 0.2) is 42.5 Å². The van der Waals surface area contributed by atoms with Gasteiger partial charge in [-0.2, -0.15) is 0 Å². The minimum Gasteiger partial charge on any atom is -0.496 e. The van der Waals surface area contributed by atoms with Crippen molar-refractivity contribution in [3.63, 3.8) is 0 Å². The van der Waals surface area contributed by atoms with E-state index in [0.29, 0.717) is 17.1 Å². The van der Waals surface area contributed by atoms with Crippen molar-refractivity contribution in [1.82, 2.24) is 5.32 Å². The SMILES string of the molecule is COc1ccccc1CCNC(=O)c1ccc(Cl)c(I)c1. The van der Waals surface area contributed by atoms with Crippen molar-refractivity contribution in [1.29, 1.82) is 0 Å². The number of carbonyl (C=O) groups excluding carboxylic acids is 1. The summed E-state index contributed by atoms with van der Waals surface area (Å²) in [6.07, 6.45) is 0.723. The third-order valence-electron chi connectivity index (χ3n) is 3.05. The molecule has 0 aliphatic carbocycles. The molecule has 3 nitrogen and oxygen atoms in total. The van der Waals surface area contributed by atoms with Gasteiger partial charge < -0.3 is 10.1 Å². The van der Waals surface area contributed by atoms with Gasteiger partial charge in [0, 0.05) is 15.7 Å². The molecule has 0 bridgehead atoms. The minimum absolute atomic E-state index is 0.0977. The normalized spacial score (nSPS) is 10.2. The summed E-state index contributed by atoms with van der Waals surface area (Å²) in [4.78, 5) is 12.1. The van der Waals surface area contributed by atoms with Gasteiger partial charge in [0.15, 0.2) is 0 Å². The minimum atomic E-state index is -0.0977. The van der Waals surface area contributed by atoms with Gasteiger partial charge in [-0.1, -0.05) is 29.8 Å². The standard InChI is InChI=1S/C16H15ClINO2/c1-21-15-5-3-2-4-11(15)8-9-19-16(20)12-6-7-13(17)14(18)10-12/h2-7,10H,8-9H2,1H3,(H,19,20). The van der Waals surface area contributed by atoms with Crippen molar-refractivity contribution in [3.05, 3.63) is 62.2 Å². The zero-order chi connectivity index (χ0) is 15.2. The molecule has 0 aliphatic rings. The van der Waals surface area contributed by atoms with E-state index in [1.807, 2.05) is 24.3 Å². The van der Waals surface area contributed by atoms with Gasteiger partial charge in [-0.25, -0.2) is 0 Å². The van der Waals surface area contributed by atoms with E-state index in [2.05, 4.69) is 27.9 Å². The maximum Gasteiger partial charge on any atom is 0.251 e. The summed E-state index contributed by atoms with van der Waals surface area (Å²) in [5.74, 6) is 0.743. The Morgan fingerprint density at radius 3 is 2.76 bits per heavy atom. The Morgan fingerprint density at radius 1 is 1.29 bits per heavy atom. The van der Waals surface area contributed by atoms with Crippen LogP contribution in [0.5, 0.6) is 5.75 Å². The van der Waals surface area contributed by atoms with E-state index >= 15 is 0 Å². The molecule has 5 heteroatoms. The van der Waals surface area contributed by atoms with Crippen LogP contribution in [-0.4, -0.2) is 19.6 Å². The molecule has 21 heavy (non-hydrogen) atoms. The first kappa shape index (κ1) is 16.1. The summed E-state index contributed by atoms with van der Waals surface area (Å²) in [5.41, 5.74) is 1.69. The van der Waals surface area contributed by atoms with Crippen LogP contribution in [0, 0.1) is 3.57 Å². The molecule has 0 aliphatic heterocycles. The quantitative estimate of drug-likeness (QED) is 0.752. The Labute approximate surface area is 142 Å². The van der Waals surface area contributed by atoms with Crippen LogP contribution in [0.1, 0.15) is 15.9 Å². The van der Waals surface area contributed by atoms with Crippen LogP contribution in [0.2, 0.25) is 5.02 Å². The zero-order valence-electron chi connectivity index (χ0n) is 11.5. The van der Waals surface area contributed by atoms with Gasteiger partial charge in [-0.15, -0.1) is 0 Å². The van der Waals surface area contributed by atoms with E-state index < -0.39 is 0 Å². The lowest BCUT2D eigenvalue weighted by Gasteiger charge is -2.09. The highest BCUT2D eigenvalue weighted by molar-refractivity contribution is 14.1. The predicted molar refractivity (Wildman–Crippen MR) is 93.2 cm³/mol. The Kier molecular flexibility index (Phi) is 5.87. The number of halogens is 2. The molecule has 0 saturated carbocycles. The maximum atomic E-state index is 12.1. The number of methoxy groups -OCH3 is 1. The van der Waals surface area contributed by atoms with Crippen molar-refractivity contribution in [3.8, 4) is 5.75 Å². The molecule has 2 rings (SSSR count). The molecule has 0 heterocycles. The molecule has 2 aromatic carbocycles. The second-order valence-electron chi connectivity index (χ2n) is 4.45. The molecular weight excluding hydrogens is 401 g/mol. The number of rotatable bonds is 5. The van der Waals surface area contributed by atoms with E-state index in [0.717, 1.165) is 21.3 Å². The lowest BCUT2D eigenvalue weighted by Crippen LogP contribution is -2.25. The molecule has 1 amide bonds. The fourth-order valence-corrected chi connectivity index (χ4v) is 2.59. The molecule has 2 aromatic rings. The van der Waals surface area contributed by atoms with Crippen LogP contribution < -0.4 is 10.1 Å². The average molecular weight is 416 g/mol. The maximum absolute atomic E-state index is 12.1. The van der Waals surface area contributed by atoms with Gasteiger partial charge in [0.2, 0.25) is 0 Å². The topological polar surface area (TPSA) is 38.3 Å².